The zero-order chi connectivity index (χ0) is 21.1. The first-order chi connectivity index (χ1) is 12.9. The molecule has 0 fully saturated rings. The van der Waals surface area contributed by atoms with Crippen molar-refractivity contribution in [1.82, 2.24) is 5.32 Å². The summed E-state index contributed by atoms with van der Waals surface area (Å²) in [6.45, 7) is 5.18. The number of rotatable bonds is 5. The van der Waals surface area contributed by atoms with Gasteiger partial charge < -0.3 is 15.0 Å². The van der Waals surface area contributed by atoms with Crippen LogP contribution in [0.2, 0.25) is 0 Å². The molecule has 0 aromatic heterocycles. The van der Waals surface area contributed by atoms with E-state index in [4.69, 9.17) is 4.74 Å². The first-order valence-electron chi connectivity index (χ1n) is 9.00. The average Bonchev–Trinajstić information content (AvgIpc) is 2.69. The quantitative estimate of drug-likeness (QED) is 0.769. The van der Waals surface area contributed by atoms with Crippen LogP contribution in [0.15, 0.2) is 29.8 Å². The highest BCUT2D eigenvalue weighted by Crippen LogP contribution is 2.36. The van der Waals surface area contributed by atoms with Crippen LogP contribution in [0.25, 0.3) is 0 Å². The summed E-state index contributed by atoms with van der Waals surface area (Å²) in [5.74, 6) is -0.805. The number of halogens is 3. The molecule has 1 aliphatic heterocycles. The number of alkyl halides is 3. The molecule has 2 amide bonds. The molecule has 5 nitrogen and oxygen atoms in total. The number of methoxy groups -OCH3 is 1. The number of carbonyl (C=O) groups excluding carboxylic acids is 2. The molecule has 0 radical (unpaired) electrons. The molecule has 1 aromatic rings. The number of nitrogens with one attached hydrogen (secondary N) is 1. The van der Waals surface area contributed by atoms with Crippen LogP contribution in [-0.2, 0) is 16.0 Å². The van der Waals surface area contributed by atoms with Gasteiger partial charge in [-0.25, -0.2) is 0 Å². The maximum atomic E-state index is 13.1. The van der Waals surface area contributed by atoms with Crippen LogP contribution in [0.4, 0.5) is 18.9 Å². The Kier molecular flexibility index (Phi) is 6.41. The minimum Gasteiger partial charge on any atom is -0.495 e. The zero-order valence-electron chi connectivity index (χ0n) is 16.4. The Labute approximate surface area is 162 Å². The molecule has 28 heavy (non-hydrogen) atoms. The molecule has 0 atom stereocenters. The van der Waals surface area contributed by atoms with Gasteiger partial charge in [0.15, 0.2) is 0 Å². The molecule has 0 saturated heterocycles. The van der Waals surface area contributed by atoms with Crippen LogP contribution in [-0.4, -0.2) is 37.2 Å². The van der Waals surface area contributed by atoms with E-state index in [1.165, 1.54) is 18.1 Å². The summed E-state index contributed by atoms with van der Waals surface area (Å²) in [5.41, 5.74) is 0.473. The number of hydrogen-bond donors (Lipinski definition) is 1. The second kappa shape index (κ2) is 8.24. The van der Waals surface area contributed by atoms with Gasteiger partial charge in [-0.3, -0.25) is 9.59 Å². The van der Waals surface area contributed by atoms with Gasteiger partial charge in [-0.15, -0.1) is 0 Å². The number of benzene rings is 1. The van der Waals surface area contributed by atoms with Gasteiger partial charge >= 0.3 is 6.18 Å². The molecular weight excluding hydrogens is 373 g/mol. The van der Waals surface area contributed by atoms with Crippen molar-refractivity contribution >= 4 is 17.5 Å². The SMILES string of the molecule is COc1cccc2c1N(CCCC(F)(F)F)C(=O)C(C(=O)NC(C)(C)C)=CC2. The van der Waals surface area contributed by atoms with Gasteiger partial charge in [0.1, 0.15) is 11.3 Å². The highest BCUT2D eigenvalue weighted by molar-refractivity contribution is 6.24. The second-order valence-corrected chi connectivity index (χ2v) is 7.67. The summed E-state index contributed by atoms with van der Waals surface area (Å²) >= 11 is 0. The van der Waals surface area contributed by atoms with Crippen molar-refractivity contribution in [3.8, 4) is 5.75 Å². The first kappa shape index (κ1) is 21.8. The number of nitrogens with zero attached hydrogens (tertiary/aromatic N) is 1. The van der Waals surface area contributed by atoms with Gasteiger partial charge in [0.25, 0.3) is 11.8 Å². The van der Waals surface area contributed by atoms with Crippen molar-refractivity contribution in [2.45, 2.75) is 51.7 Å². The number of carbonyl (C=O) groups is 2. The van der Waals surface area contributed by atoms with Crippen LogP contribution in [0, 0.1) is 0 Å². The lowest BCUT2D eigenvalue weighted by Gasteiger charge is -2.27. The summed E-state index contributed by atoms with van der Waals surface area (Å²) in [4.78, 5) is 27.0. The molecule has 1 aromatic carbocycles. The van der Waals surface area contributed by atoms with Crippen molar-refractivity contribution in [3.05, 3.63) is 35.4 Å². The monoisotopic (exact) mass is 398 g/mol. The molecule has 2 rings (SSSR count). The van der Waals surface area contributed by atoms with E-state index in [1.807, 2.05) is 0 Å². The van der Waals surface area contributed by atoms with E-state index in [2.05, 4.69) is 5.32 Å². The molecule has 0 unspecified atom stereocenters. The number of ether oxygens (including phenoxy) is 1. The Hall–Kier alpha value is -2.51. The highest BCUT2D eigenvalue weighted by atomic mass is 19.4. The molecule has 1 heterocycles. The van der Waals surface area contributed by atoms with Crippen LogP contribution in [0.5, 0.6) is 5.75 Å². The topological polar surface area (TPSA) is 58.6 Å². The van der Waals surface area contributed by atoms with Crippen molar-refractivity contribution in [1.29, 1.82) is 0 Å². The van der Waals surface area contributed by atoms with Gasteiger partial charge in [-0.05, 0) is 45.2 Å². The molecule has 1 aliphatic rings. The molecule has 0 saturated carbocycles. The van der Waals surface area contributed by atoms with Crippen molar-refractivity contribution in [2.75, 3.05) is 18.6 Å². The first-order valence-corrected chi connectivity index (χ1v) is 9.00. The molecule has 0 aliphatic carbocycles. The maximum absolute atomic E-state index is 13.1. The molecular formula is C20H25F3N2O3. The summed E-state index contributed by atoms with van der Waals surface area (Å²) < 4.78 is 43.2. The average molecular weight is 398 g/mol. The third-order valence-electron chi connectivity index (χ3n) is 4.15. The largest absolute Gasteiger partial charge is 0.495 e. The number of hydrogen-bond acceptors (Lipinski definition) is 3. The van der Waals surface area contributed by atoms with Crippen molar-refractivity contribution in [3.63, 3.8) is 0 Å². The fourth-order valence-electron chi connectivity index (χ4n) is 3.00. The Balaban J connectivity index is 2.41. The Bertz CT molecular complexity index is 780. The fourth-order valence-corrected chi connectivity index (χ4v) is 3.00. The third kappa shape index (κ3) is 5.50. The van der Waals surface area contributed by atoms with E-state index >= 15 is 0 Å². The fraction of sp³-hybridized carbons (Fsp3) is 0.500. The smallest absolute Gasteiger partial charge is 0.389 e. The van der Waals surface area contributed by atoms with E-state index in [0.29, 0.717) is 23.4 Å². The Morgan fingerprint density at radius 1 is 1.25 bits per heavy atom. The van der Waals surface area contributed by atoms with Gasteiger partial charge in [-0.2, -0.15) is 13.2 Å². The lowest BCUT2D eigenvalue weighted by molar-refractivity contribution is -0.135. The minimum absolute atomic E-state index is 0.0832. The van der Waals surface area contributed by atoms with E-state index in [9.17, 15) is 22.8 Å². The van der Waals surface area contributed by atoms with Crippen LogP contribution >= 0.6 is 0 Å². The predicted molar refractivity (Wildman–Crippen MR) is 100 cm³/mol. The molecule has 0 spiro atoms. The molecule has 154 valence electrons. The van der Waals surface area contributed by atoms with E-state index in [0.717, 1.165) is 0 Å². The molecule has 1 N–H and O–H groups in total. The Morgan fingerprint density at radius 2 is 1.93 bits per heavy atom. The predicted octanol–water partition coefficient (Wildman–Crippen LogP) is 3.77. The molecule has 0 bridgehead atoms. The highest BCUT2D eigenvalue weighted by Gasteiger charge is 2.33. The van der Waals surface area contributed by atoms with Crippen LogP contribution in [0.1, 0.15) is 39.2 Å². The van der Waals surface area contributed by atoms with Gasteiger partial charge in [0.2, 0.25) is 0 Å². The number of anilines is 1. The normalized spacial score (nSPS) is 14.9. The van der Waals surface area contributed by atoms with Crippen LogP contribution < -0.4 is 15.0 Å². The van der Waals surface area contributed by atoms with E-state index in [1.54, 1.807) is 39.0 Å². The Morgan fingerprint density at radius 3 is 2.50 bits per heavy atom. The summed E-state index contributed by atoms with van der Waals surface area (Å²) in [6.07, 6.45) is -3.80. The van der Waals surface area contributed by atoms with Gasteiger partial charge in [0, 0.05) is 18.5 Å². The maximum Gasteiger partial charge on any atom is 0.389 e. The summed E-state index contributed by atoms with van der Waals surface area (Å²) in [6, 6.07) is 5.15. The third-order valence-corrected chi connectivity index (χ3v) is 4.15. The van der Waals surface area contributed by atoms with Gasteiger partial charge in [-0.1, -0.05) is 18.2 Å². The minimum atomic E-state index is -4.32. The van der Waals surface area contributed by atoms with Crippen LogP contribution in [0.3, 0.4) is 0 Å². The zero-order valence-corrected chi connectivity index (χ0v) is 16.4. The summed E-state index contributed by atoms with van der Waals surface area (Å²) in [7, 11) is 1.43. The number of amides is 2. The lowest BCUT2D eigenvalue weighted by Crippen LogP contribution is -2.45. The second-order valence-electron chi connectivity index (χ2n) is 7.67. The van der Waals surface area contributed by atoms with E-state index in [-0.39, 0.29) is 18.5 Å². The van der Waals surface area contributed by atoms with Crippen molar-refractivity contribution < 1.29 is 27.5 Å². The number of para-hydroxylation sites is 1. The van der Waals surface area contributed by atoms with E-state index < -0.39 is 30.0 Å². The standard InChI is InChI=1S/C20H25F3N2O3/c1-19(2,3)24-17(26)14-10-9-13-7-5-8-15(28-4)16(13)25(18(14)27)12-6-11-20(21,22)23/h5,7-8,10H,6,9,11-12H2,1-4H3,(H,24,26). The molecule has 8 heteroatoms. The summed E-state index contributed by atoms with van der Waals surface area (Å²) in [5, 5.41) is 2.74. The number of fused-ring (bicyclic) bond motifs is 1. The number of allylic oxidation sites excluding steroid dienone is 1. The van der Waals surface area contributed by atoms with Crippen molar-refractivity contribution in [2.24, 2.45) is 0 Å². The lowest BCUT2D eigenvalue weighted by atomic mass is 10.1. The van der Waals surface area contributed by atoms with Gasteiger partial charge in [0.05, 0.1) is 12.8 Å².